The van der Waals surface area contributed by atoms with Gasteiger partial charge in [-0.15, -0.1) is 5.10 Å². The van der Waals surface area contributed by atoms with Crippen LogP contribution in [-0.2, 0) is 4.74 Å². The largest absolute Gasteiger partial charge is 0.381 e. The summed E-state index contributed by atoms with van der Waals surface area (Å²) in [5.74, 6) is -0.0294. The molecule has 0 aliphatic carbocycles. The van der Waals surface area contributed by atoms with E-state index in [0.29, 0.717) is 12.1 Å². The maximum absolute atomic E-state index is 12.1. The van der Waals surface area contributed by atoms with Gasteiger partial charge in [-0.25, -0.2) is 4.68 Å². The summed E-state index contributed by atoms with van der Waals surface area (Å²) in [5, 5.41) is 7.75. The molecule has 1 heterocycles. The topological polar surface area (TPSA) is 57.0 Å². The van der Waals surface area contributed by atoms with Crippen molar-refractivity contribution in [1.29, 1.82) is 0 Å². The van der Waals surface area contributed by atoms with Crippen molar-refractivity contribution >= 4 is 5.78 Å². The van der Waals surface area contributed by atoms with Gasteiger partial charge < -0.3 is 4.74 Å². The third kappa shape index (κ3) is 2.62. The Hall–Kier alpha value is -2.01. The third-order valence-electron chi connectivity index (χ3n) is 2.71. The maximum atomic E-state index is 12.1. The molecule has 1 atom stereocenters. The number of hydrogen-bond donors (Lipinski definition) is 0. The average molecular weight is 245 g/mol. The monoisotopic (exact) mass is 245 g/mol. The highest BCUT2D eigenvalue weighted by Crippen LogP contribution is 2.11. The van der Waals surface area contributed by atoms with E-state index in [9.17, 15) is 4.79 Å². The zero-order chi connectivity index (χ0) is 13.0. The van der Waals surface area contributed by atoms with Crippen molar-refractivity contribution < 1.29 is 9.53 Å². The molecule has 1 aromatic heterocycles. The van der Waals surface area contributed by atoms with Gasteiger partial charge in [0.1, 0.15) is 5.69 Å². The summed E-state index contributed by atoms with van der Waals surface area (Å²) in [7, 11) is 1.59. The van der Waals surface area contributed by atoms with Crippen LogP contribution in [0, 0.1) is 0 Å². The molecule has 94 valence electrons. The predicted molar refractivity (Wildman–Crippen MR) is 66.8 cm³/mol. The second-order valence-electron chi connectivity index (χ2n) is 4.04. The van der Waals surface area contributed by atoms with Gasteiger partial charge in [-0.1, -0.05) is 23.4 Å². The Bertz CT molecular complexity index is 522. The number of nitrogens with zero attached hydrogens (tertiary/aromatic N) is 3. The number of methoxy groups -OCH3 is 1. The van der Waals surface area contributed by atoms with Crippen molar-refractivity contribution in [3.05, 3.63) is 42.2 Å². The average Bonchev–Trinajstić information content (AvgIpc) is 2.88. The van der Waals surface area contributed by atoms with E-state index >= 15 is 0 Å². The number of hydrogen-bond acceptors (Lipinski definition) is 4. The van der Waals surface area contributed by atoms with Gasteiger partial charge in [-0.3, -0.25) is 4.79 Å². The smallest absolute Gasteiger partial charge is 0.185 e. The molecule has 2 aromatic rings. The molecule has 0 radical (unpaired) electrons. The molecule has 0 aliphatic rings. The van der Waals surface area contributed by atoms with Crippen molar-refractivity contribution in [2.24, 2.45) is 0 Å². The SMILES string of the molecule is COC(C)CC(=O)c1cnnn1-c1ccccc1. The number of Topliss-reactive ketones (excluding diaryl/α,β-unsaturated/α-hetero) is 1. The number of benzene rings is 1. The highest BCUT2D eigenvalue weighted by molar-refractivity contribution is 5.95. The zero-order valence-corrected chi connectivity index (χ0v) is 10.4. The summed E-state index contributed by atoms with van der Waals surface area (Å²) in [5.41, 5.74) is 1.30. The minimum absolute atomic E-state index is 0.0294. The molecule has 0 bridgehead atoms. The van der Waals surface area contributed by atoms with Gasteiger partial charge in [0.05, 0.1) is 18.0 Å². The number of rotatable bonds is 5. The first-order chi connectivity index (χ1) is 8.72. The fraction of sp³-hybridized carbons (Fsp3) is 0.308. The summed E-state index contributed by atoms with van der Waals surface area (Å²) < 4.78 is 6.64. The lowest BCUT2D eigenvalue weighted by Crippen LogP contribution is -2.15. The van der Waals surface area contributed by atoms with E-state index in [2.05, 4.69) is 10.3 Å². The van der Waals surface area contributed by atoms with Crippen LogP contribution in [0.15, 0.2) is 36.5 Å². The van der Waals surface area contributed by atoms with E-state index in [4.69, 9.17) is 4.74 Å². The lowest BCUT2D eigenvalue weighted by Gasteiger charge is -2.09. The summed E-state index contributed by atoms with van der Waals surface area (Å²) in [6.07, 6.45) is 1.69. The van der Waals surface area contributed by atoms with Crippen molar-refractivity contribution in [2.75, 3.05) is 7.11 Å². The molecule has 0 amide bonds. The van der Waals surface area contributed by atoms with Crippen LogP contribution in [-0.4, -0.2) is 34.0 Å². The fourth-order valence-corrected chi connectivity index (χ4v) is 1.63. The minimum Gasteiger partial charge on any atom is -0.381 e. The molecule has 1 aromatic carbocycles. The van der Waals surface area contributed by atoms with Gasteiger partial charge in [-0.05, 0) is 19.1 Å². The van der Waals surface area contributed by atoms with Crippen LogP contribution >= 0.6 is 0 Å². The maximum Gasteiger partial charge on any atom is 0.185 e. The van der Waals surface area contributed by atoms with Gasteiger partial charge in [0.25, 0.3) is 0 Å². The van der Waals surface area contributed by atoms with Crippen LogP contribution in [0.1, 0.15) is 23.8 Å². The lowest BCUT2D eigenvalue weighted by molar-refractivity contribution is 0.0785. The predicted octanol–water partition coefficient (Wildman–Crippen LogP) is 1.88. The second-order valence-corrected chi connectivity index (χ2v) is 4.04. The first-order valence-electron chi connectivity index (χ1n) is 5.74. The normalized spacial score (nSPS) is 12.3. The Morgan fingerprint density at radius 3 is 2.78 bits per heavy atom. The Morgan fingerprint density at radius 1 is 1.39 bits per heavy atom. The fourth-order valence-electron chi connectivity index (χ4n) is 1.63. The van der Waals surface area contributed by atoms with Crippen molar-refractivity contribution in [3.8, 4) is 5.69 Å². The van der Waals surface area contributed by atoms with Crippen LogP contribution in [0.25, 0.3) is 5.69 Å². The van der Waals surface area contributed by atoms with Crippen molar-refractivity contribution in [2.45, 2.75) is 19.4 Å². The number of para-hydroxylation sites is 1. The molecule has 0 saturated carbocycles. The standard InChI is InChI=1S/C13H15N3O2/c1-10(18-2)8-13(17)12-9-14-15-16(12)11-6-4-3-5-7-11/h3-7,9-10H,8H2,1-2H3. The number of carbonyl (C=O) groups is 1. The van der Waals surface area contributed by atoms with Crippen molar-refractivity contribution in [1.82, 2.24) is 15.0 Å². The van der Waals surface area contributed by atoms with Gasteiger partial charge in [-0.2, -0.15) is 0 Å². The number of ether oxygens (including phenoxy) is 1. The second kappa shape index (κ2) is 5.55. The van der Waals surface area contributed by atoms with E-state index in [1.54, 1.807) is 11.8 Å². The lowest BCUT2D eigenvalue weighted by atomic mass is 10.1. The summed E-state index contributed by atoms with van der Waals surface area (Å²) in [6, 6.07) is 9.46. The first-order valence-corrected chi connectivity index (χ1v) is 5.74. The zero-order valence-electron chi connectivity index (χ0n) is 10.4. The molecule has 0 aliphatic heterocycles. The molecular weight excluding hydrogens is 230 g/mol. The molecule has 5 nitrogen and oxygen atoms in total. The van der Waals surface area contributed by atoms with Gasteiger partial charge in [0, 0.05) is 13.5 Å². The number of carbonyl (C=O) groups excluding carboxylic acids is 1. The van der Waals surface area contributed by atoms with E-state index in [1.165, 1.54) is 6.20 Å². The van der Waals surface area contributed by atoms with Gasteiger partial charge in [0.15, 0.2) is 5.78 Å². The first kappa shape index (κ1) is 12.4. The Balaban J connectivity index is 2.26. The molecular formula is C13H15N3O2. The third-order valence-corrected chi connectivity index (χ3v) is 2.71. The highest BCUT2D eigenvalue weighted by Gasteiger charge is 2.16. The van der Waals surface area contributed by atoms with E-state index in [-0.39, 0.29) is 11.9 Å². The Kier molecular flexibility index (Phi) is 3.84. The highest BCUT2D eigenvalue weighted by atomic mass is 16.5. The van der Waals surface area contributed by atoms with Crippen LogP contribution in [0.3, 0.4) is 0 Å². The Labute approximate surface area is 105 Å². The quantitative estimate of drug-likeness (QED) is 0.755. The molecule has 1 unspecified atom stereocenters. The van der Waals surface area contributed by atoms with Crippen LogP contribution < -0.4 is 0 Å². The molecule has 0 saturated heterocycles. The molecule has 0 fully saturated rings. The van der Waals surface area contributed by atoms with E-state index in [0.717, 1.165) is 5.69 Å². The van der Waals surface area contributed by atoms with Gasteiger partial charge in [0.2, 0.25) is 0 Å². The Morgan fingerprint density at radius 2 is 2.11 bits per heavy atom. The van der Waals surface area contributed by atoms with Crippen LogP contribution in [0.2, 0.25) is 0 Å². The summed E-state index contributed by atoms with van der Waals surface area (Å²) in [4.78, 5) is 12.1. The minimum atomic E-state index is -0.114. The van der Waals surface area contributed by atoms with E-state index in [1.807, 2.05) is 37.3 Å². The number of ketones is 1. The summed E-state index contributed by atoms with van der Waals surface area (Å²) in [6.45, 7) is 1.86. The molecule has 0 spiro atoms. The number of aromatic nitrogens is 3. The molecule has 2 rings (SSSR count). The van der Waals surface area contributed by atoms with Crippen molar-refractivity contribution in [3.63, 3.8) is 0 Å². The van der Waals surface area contributed by atoms with Crippen LogP contribution in [0.4, 0.5) is 0 Å². The molecule has 18 heavy (non-hydrogen) atoms. The molecule has 5 heteroatoms. The van der Waals surface area contributed by atoms with Crippen LogP contribution in [0.5, 0.6) is 0 Å². The molecule has 0 N–H and O–H groups in total. The summed E-state index contributed by atoms with van der Waals surface area (Å²) >= 11 is 0. The van der Waals surface area contributed by atoms with E-state index < -0.39 is 0 Å². The van der Waals surface area contributed by atoms with Gasteiger partial charge >= 0.3 is 0 Å².